The Morgan fingerprint density at radius 3 is 2.89 bits per heavy atom. The summed E-state index contributed by atoms with van der Waals surface area (Å²) in [6.45, 7) is 0.141. The molecule has 19 heavy (non-hydrogen) atoms. The highest BCUT2D eigenvalue weighted by molar-refractivity contribution is 5.89. The van der Waals surface area contributed by atoms with E-state index in [0.717, 1.165) is 5.65 Å². The normalized spacial score (nSPS) is 10.5. The average molecular weight is 253 g/mol. The van der Waals surface area contributed by atoms with Crippen molar-refractivity contribution in [2.75, 3.05) is 0 Å². The van der Waals surface area contributed by atoms with Gasteiger partial charge in [0, 0.05) is 18.6 Å². The van der Waals surface area contributed by atoms with Crippen LogP contribution in [0.1, 0.15) is 16.1 Å². The predicted octanol–water partition coefficient (Wildman–Crippen LogP) is 2.09. The molecule has 0 radical (unpaired) electrons. The molecule has 0 amide bonds. The maximum absolute atomic E-state index is 11.8. The Hall–Kier alpha value is -2.69. The lowest BCUT2D eigenvalue weighted by atomic mass is 10.2. The van der Waals surface area contributed by atoms with Crippen LogP contribution in [0.5, 0.6) is 0 Å². The second kappa shape index (κ2) is 4.89. The van der Waals surface area contributed by atoms with E-state index in [4.69, 9.17) is 4.74 Å². The van der Waals surface area contributed by atoms with Gasteiger partial charge in [-0.1, -0.05) is 18.2 Å². The number of fused-ring (bicyclic) bond motifs is 1. The summed E-state index contributed by atoms with van der Waals surface area (Å²) in [4.78, 5) is 20.0. The summed E-state index contributed by atoms with van der Waals surface area (Å²) in [7, 11) is 0. The Morgan fingerprint density at radius 2 is 2.05 bits per heavy atom. The Balaban J connectivity index is 1.70. The van der Waals surface area contributed by atoms with Crippen molar-refractivity contribution in [2.24, 2.45) is 0 Å². The van der Waals surface area contributed by atoms with Gasteiger partial charge >= 0.3 is 5.97 Å². The minimum atomic E-state index is -0.354. The van der Waals surface area contributed by atoms with Crippen molar-refractivity contribution in [1.82, 2.24) is 14.4 Å². The van der Waals surface area contributed by atoms with Gasteiger partial charge in [-0.15, -0.1) is 0 Å². The number of ether oxygens (including phenoxy) is 1. The third-order valence-corrected chi connectivity index (χ3v) is 2.69. The molecule has 0 unspecified atom stereocenters. The molecule has 0 bridgehead atoms. The molecule has 3 aromatic rings. The second-order valence-corrected chi connectivity index (χ2v) is 4.01. The molecule has 0 saturated heterocycles. The number of hydrogen-bond acceptors (Lipinski definition) is 4. The van der Waals surface area contributed by atoms with Gasteiger partial charge in [-0.05, 0) is 12.1 Å². The predicted molar refractivity (Wildman–Crippen MR) is 68.5 cm³/mol. The lowest BCUT2D eigenvalue weighted by molar-refractivity contribution is 0.0467. The first kappa shape index (κ1) is 11.4. The zero-order chi connectivity index (χ0) is 13.1. The van der Waals surface area contributed by atoms with Crippen molar-refractivity contribution in [2.45, 2.75) is 6.61 Å². The van der Waals surface area contributed by atoms with Crippen LogP contribution < -0.4 is 0 Å². The van der Waals surface area contributed by atoms with Crippen LogP contribution in [0.4, 0.5) is 0 Å². The molecule has 5 nitrogen and oxygen atoms in total. The molecule has 94 valence electrons. The number of nitrogens with zero attached hydrogens (tertiary/aromatic N) is 3. The summed E-state index contributed by atoms with van der Waals surface area (Å²) in [6, 6.07) is 8.88. The van der Waals surface area contributed by atoms with Gasteiger partial charge in [0.1, 0.15) is 6.61 Å². The molecule has 0 aliphatic carbocycles. The van der Waals surface area contributed by atoms with Crippen LogP contribution in [0, 0.1) is 0 Å². The highest BCUT2D eigenvalue weighted by Crippen LogP contribution is 2.05. The van der Waals surface area contributed by atoms with Crippen molar-refractivity contribution in [3.05, 3.63) is 66.4 Å². The van der Waals surface area contributed by atoms with Gasteiger partial charge in [-0.3, -0.25) is 4.98 Å². The molecule has 0 atom stereocenters. The van der Waals surface area contributed by atoms with Crippen LogP contribution in [-0.2, 0) is 11.3 Å². The van der Waals surface area contributed by atoms with E-state index in [0.29, 0.717) is 11.3 Å². The first-order valence-corrected chi connectivity index (χ1v) is 5.83. The molecular formula is C14H11N3O2. The zero-order valence-corrected chi connectivity index (χ0v) is 10.1. The van der Waals surface area contributed by atoms with E-state index in [1.54, 1.807) is 42.9 Å². The summed E-state index contributed by atoms with van der Waals surface area (Å²) >= 11 is 0. The minimum Gasteiger partial charge on any atom is -0.456 e. The first-order valence-electron chi connectivity index (χ1n) is 5.83. The quantitative estimate of drug-likeness (QED) is 0.671. The molecule has 1 aromatic carbocycles. The number of benzene rings is 1. The van der Waals surface area contributed by atoms with Crippen LogP contribution in [0.25, 0.3) is 5.65 Å². The van der Waals surface area contributed by atoms with Crippen LogP contribution in [0.2, 0.25) is 0 Å². The topological polar surface area (TPSA) is 56.5 Å². The van der Waals surface area contributed by atoms with E-state index in [9.17, 15) is 4.79 Å². The van der Waals surface area contributed by atoms with Crippen LogP contribution >= 0.6 is 0 Å². The molecule has 0 saturated carbocycles. The number of rotatable bonds is 3. The molecule has 2 aromatic heterocycles. The summed E-state index contributed by atoms with van der Waals surface area (Å²) in [5.41, 5.74) is 1.97. The van der Waals surface area contributed by atoms with E-state index in [1.807, 2.05) is 16.7 Å². The highest BCUT2D eigenvalue weighted by atomic mass is 16.5. The molecule has 0 fully saturated rings. The van der Waals surface area contributed by atoms with E-state index in [-0.39, 0.29) is 12.6 Å². The Kier molecular flexibility index (Phi) is 2.94. The van der Waals surface area contributed by atoms with Gasteiger partial charge in [0.05, 0.1) is 17.5 Å². The monoisotopic (exact) mass is 253 g/mol. The van der Waals surface area contributed by atoms with Crippen molar-refractivity contribution in [3.8, 4) is 0 Å². The number of carbonyl (C=O) groups is 1. The fourth-order valence-electron chi connectivity index (χ4n) is 1.74. The van der Waals surface area contributed by atoms with Gasteiger partial charge in [-0.25, -0.2) is 9.78 Å². The molecule has 5 heteroatoms. The number of aromatic nitrogens is 3. The molecule has 2 heterocycles. The van der Waals surface area contributed by atoms with Gasteiger partial charge < -0.3 is 9.14 Å². The molecule has 3 rings (SSSR count). The Morgan fingerprint density at radius 1 is 1.21 bits per heavy atom. The second-order valence-electron chi connectivity index (χ2n) is 4.01. The van der Waals surface area contributed by atoms with Gasteiger partial charge in [0.15, 0.2) is 5.65 Å². The summed E-state index contributed by atoms with van der Waals surface area (Å²) in [6.07, 6.45) is 6.95. The van der Waals surface area contributed by atoms with Crippen molar-refractivity contribution in [1.29, 1.82) is 0 Å². The summed E-state index contributed by atoms with van der Waals surface area (Å²) in [5.74, 6) is -0.354. The van der Waals surface area contributed by atoms with Gasteiger partial charge in [0.2, 0.25) is 0 Å². The van der Waals surface area contributed by atoms with Crippen LogP contribution in [0.15, 0.2) is 55.1 Å². The van der Waals surface area contributed by atoms with Crippen molar-refractivity contribution >= 4 is 11.6 Å². The molecule has 0 spiro atoms. The number of esters is 1. The molecule has 0 aliphatic heterocycles. The van der Waals surface area contributed by atoms with E-state index < -0.39 is 0 Å². The largest absolute Gasteiger partial charge is 0.456 e. The van der Waals surface area contributed by atoms with E-state index in [1.165, 1.54) is 0 Å². The van der Waals surface area contributed by atoms with Gasteiger partial charge in [0.25, 0.3) is 0 Å². The standard InChI is InChI=1S/C14H11N3O2/c18-14(11-4-2-1-3-5-11)19-10-12-9-17-7-6-15-13(17)8-16-12/h1-9H,10H2. The number of imidazole rings is 1. The van der Waals surface area contributed by atoms with Crippen LogP contribution in [0.3, 0.4) is 0 Å². The van der Waals surface area contributed by atoms with E-state index >= 15 is 0 Å². The number of carbonyl (C=O) groups excluding carboxylic acids is 1. The fourth-order valence-corrected chi connectivity index (χ4v) is 1.74. The maximum atomic E-state index is 11.8. The van der Waals surface area contributed by atoms with Crippen LogP contribution in [-0.4, -0.2) is 20.3 Å². The zero-order valence-electron chi connectivity index (χ0n) is 10.1. The third-order valence-electron chi connectivity index (χ3n) is 2.69. The summed E-state index contributed by atoms with van der Waals surface area (Å²) in [5, 5.41) is 0. The molecule has 0 aliphatic rings. The SMILES string of the molecule is O=C(OCc1cn2ccnc2cn1)c1ccccc1. The van der Waals surface area contributed by atoms with Gasteiger partial charge in [-0.2, -0.15) is 0 Å². The Bertz CT molecular complexity index is 707. The average Bonchev–Trinajstić information content (AvgIpc) is 2.93. The summed E-state index contributed by atoms with van der Waals surface area (Å²) < 4.78 is 7.04. The lowest BCUT2D eigenvalue weighted by Crippen LogP contribution is -2.06. The number of hydrogen-bond donors (Lipinski definition) is 0. The van der Waals surface area contributed by atoms with E-state index in [2.05, 4.69) is 9.97 Å². The lowest BCUT2D eigenvalue weighted by Gasteiger charge is -2.04. The fraction of sp³-hybridized carbons (Fsp3) is 0.0714. The molecule has 0 N–H and O–H groups in total. The Labute approximate surface area is 109 Å². The first-order chi connectivity index (χ1) is 9.33. The van der Waals surface area contributed by atoms with Crippen molar-refractivity contribution in [3.63, 3.8) is 0 Å². The highest BCUT2D eigenvalue weighted by Gasteiger charge is 2.07. The third kappa shape index (κ3) is 2.44. The smallest absolute Gasteiger partial charge is 0.338 e. The maximum Gasteiger partial charge on any atom is 0.338 e. The minimum absolute atomic E-state index is 0.141. The van der Waals surface area contributed by atoms with Crippen molar-refractivity contribution < 1.29 is 9.53 Å². The molecular weight excluding hydrogens is 242 g/mol.